The Bertz CT molecular complexity index is 918. The molecule has 2 aromatic rings. The van der Waals surface area contributed by atoms with Gasteiger partial charge in [-0.1, -0.05) is 32.9 Å². The number of hydrogen-bond donors (Lipinski definition) is 0. The third kappa shape index (κ3) is 3.86. The lowest BCUT2D eigenvalue weighted by atomic mass is 9.63. The minimum atomic E-state index is -0.460. The second kappa shape index (κ2) is 7.03. The molecule has 28 heavy (non-hydrogen) atoms. The van der Waals surface area contributed by atoms with E-state index in [2.05, 4.69) is 81.9 Å². The standard InChI is InChI=1S/C26H35N2/c1-19-16-20(25(4,5)18-27)8-10-22(19)23-11-9-21(17-28(23)7)26(6)14-12-24(2,3)13-15-26/h8-11,16-17H,12-15H2,1-7H3/q+1. The molecule has 148 valence electrons. The van der Waals surface area contributed by atoms with Crippen LogP contribution in [0.15, 0.2) is 36.5 Å². The first-order valence-electron chi connectivity index (χ1n) is 10.5. The van der Waals surface area contributed by atoms with Crippen molar-refractivity contribution >= 4 is 0 Å². The van der Waals surface area contributed by atoms with Crippen molar-refractivity contribution in [3.8, 4) is 17.3 Å². The van der Waals surface area contributed by atoms with E-state index in [-0.39, 0.29) is 5.41 Å². The molecule has 3 rings (SSSR count). The van der Waals surface area contributed by atoms with Crippen LogP contribution in [0.1, 0.15) is 77.0 Å². The minimum absolute atomic E-state index is 0.279. The van der Waals surface area contributed by atoms with Crippen molar-refractivity contribution in [2.75, 3.05) is 0 Å². The van der Waals surface area contributed by atoms with Crippen molar-refractivity contribution in [3.05, 3.63) is 53.2 Å². The molecular formula is C26H35N2+. The van der Waals surface area contributed by atoms with Crippen LogP contribution in [0.5, 0.6) is 0 Å². The average Bonchev–Trinajstić information content (AvgIpc) is 2.64. The van der Waals surface area contributed by atoms with Crippen LogP contribution < -0.4 is 4.57 Å². The normalized spacial score (nSPS) is 18.5. The van der Waals surface area contributed by atoms with E-state index in [9.17, 15) is 5.26 Å². The topological polar surface area (TPSA) is 27.7 Å². The summed E-state index contributed by atoms with van der Waals surface area (Å²) in [5.74, 6) is 0. The monoisotopic (exact) mass is 375 g/mol. The third-order valence-electron chi connectivity index (χ3n) is 7.04. The fourth-order valence-electron chi connectivity index (χ4n) is 4.42. The quantitative estimate of drug-likeness (QED) is 0.592. The molecule has 0 unspecified atom stereocenters. The highest BCUT2D eigenvalue weighted by molar-refractivity contribution is 5.62. The van der Waals surface area contributed by atoms with Crippen LogP contribution in [0.3, 0.4) is 0 Å². The number of aromatic nitrogens is 1. The summed E-state index contributed by atoms with van der Waals surface area (Å²) in [5.41, 5.74) is 6.51. The van der Waals surface area contributed by atoms with E-state index in [1.807, 2.05) is 13.8 Å². The molecule has 0 N–H and O–H groups in total. The number of nitrogens with zero attached hydrogens (tertiary/aromatic N) is 2. The number of rotatable bonds is 3. The summed E-state index contributed by atoms with van der Waals surface area (Å²) in [5, 5.41) is 9.43. The van der Waals surface area contributed by atoms with Gasteiger partial charge in [-0.05, 0) is 80.5 Å². The lowest BCUT2D eigenvalue weighted by Crippen LogP contribution is -2.37. The molecule has 1 heterocycles. The van der Waals surface area contributed by atoms with E-state index >= 15 is 0 Å². The van der Waals surface area contributed by atoms with Crippen LogP contribution in [0.25, 0.3) is 11.3 Å². The zero-order valence-electron chi connectivity index (χ0n) is 18.7. The first kappa shape index (κ1) is 20.6. The summed E-state index contributed by atoms with van der Waals surface area (Å²) in [6.07, 6.45) is 7.45. The number of hydrogen-bond acceptors (Lipinski definition) is 1. The zero-order chi connectivity index (χ0) is 20.7. The lowest BCUT2D eigenvalue weighted by Gasteiger charge is -2.41. The molecule has 2 heteroatoms. The average molecular weight is 376 g/mol. The molecule has 1 saturated carbocycles. The van der Waals surface area contributed by atoms with Crippen molar-refractivity contribution in [1.82, 2.24) is 0 Å². The predicted octanol–water partition coefficient (Wildman–Crippen LogP) is 6.15. The van der Waals surface area contributed by atoms with E-state index in [1.165, 1.54) is 48.1 Å². The first-order valence-corrected chi connectivity index (χ1v) is 10.5. The summed E-state index contributed by atoms with van der Waals surface area (Å²) in [4.78, 5) is 0. The highest BCUT2D eigenvalue weighted by atomic mass is 14.9. The molecule has 2 nitrogen and oxygen atoms in total. The Balaban J connectivity index is 1.93. The molecule has 0 saturated heterocycles. The first-order chi connectivity index (χ1) is 13.0. The van der Waals surface area contributed by atoms with Crippen LogP contribution in [0, 0.1) is 23.7 Å². The van der Waals surface area contributed by atoms with Crippen LogP contribution in [-0.2, 0) is 17.9 Å². The Morgan fingerprint density at radius 2 is 1.64 bits per heavy atom. The van der Waals surface area contributed by atoms with Gasteiger partial charge >= 0.3 is 0 Å². The number of nitriles is 1. The van der Waals surface area contributed by atoms with Gasteiger partial charge in [-0.15, -0.1) is 0 Å². The fraction of sp³-hybridized carbons (Fsp3) is 0.538. The summed E-state index contributed by atoms with van der Waals surface area (Å²) in [7, 11) is 2.15. The van der Waals surface area contributed by atoms with E-state index < -0.39 is 5.41 Å². The van der Waals surface area contributed by atoms with Crippen molar-refractivity contribution in [3.63, 3.8) is 0 Å². The maximum Gasteiger partial charge on any atom is 0.212 e. The van der Waals surface area contributed by atoms with Gasteiger partial charge in [0, 0.05) is 17.2 Å². The second-order valence-corrected chi connectivity index (χ2v) is 10.4. The summed E-state index contributed by atoms with van der Waals surface area (Å²) in [6.45, 7) is 13.3. The Hall–Kier alpha value is -2.14. The van der Waals surface area contributed by atoms with Crippen molar-refractivity contribution in [2.45, 2.75) is 78.1 Å². The molecule has 1 aromatic carbocycles. The van der Waals surface area contributed by atoms with Gasteiger partial charge in [-0.25, -0.2) is 4.57 Å². The van der Waals surface area contributed by atoms with Crippen LogP contribution in [-0.4, -0.2) is 0 Å². The molecule has 1 aliphatic carbocycles. The predicted molar refractivity (Wildman–Crippen MR) is 116 cm³/mol. The van der Waals surface area contributed by atoms with E-state index in [0.717, 1.165) is 5.56 Å². The van der Waals surface area contributed by atoms with E-state index in [4.69, 9.17) is 0 Å². The molecular weight excluding hydrogens is 340 g/mol. The number of aryl methyl sites for hydroxylation is 2. The van der Waals surface area contributed by atoms with E-state index in [1.54, 1.807) is 0 Å². The van der Waals surface area contributed by atoms with Gasteiger partial charge in [-0.2, -0.15) is 5.26 Å². The van der Waals surface area contributed by atoms with Crippen LogP contribution in [0.4, 0.5) is 0 Å². The van der Waals surface area contributed by atoms with Gasteiger partial charge in [0.25, 0.3) is 0 Å². The van der Waals surface area contributed by atoms with Gasteiger partial charge in [-0.3, -0.25) is 0 Å². The van der Waals surface area contributed by atoms with Crippen molar-refractivity contribution in [2.24, 2.45) is 12.5 Å². The molecule has 0 atom stereocenters. The Labute approximate surface area is 171 Å². The third-order valence-corrected chi connectivity index (χ3v) is 7.04. The molecule has 0 aliphatic heterocycles. The molecule has 1 aromatic heterocycles. The molecule has 1 aliphatic rings. The largest absolute Gasteiger partial charge is 0.212 e. The maximum absolute atomic E-state index is 9.43. The fourth-order valence-corrected chi connectivity index (χ4v) is 4.42. The molecule has 0 bridgehead atoms. The summed E-state index contributed by atoms with van der Waals surface area (Å²) < 4.78 is 2.28. The Kier molecular flexibility index (Phi) is 5.17. The number of pyridine rings is 1. The SMILES string of the molecule is Cc1cc(C(C)(C)C#N)ccc1-c1ccc(C2(C)CCC(C)(C)CC2)c[n+]1C. The second-order valence-electron chi connectivity index (χ2n) is 10.4. The van der Waals surface area contributed by atoms with Gasteiger partial charge in [0.2, 0.25) is 5.69 Å². The van der Waals surface area contributed by atoms with Gasteiger partial charge in [0.1, 0.15) is 7.05 Å². The zero-order valence-corrected chi connectivity index (χ0v) is 18.7. The van der Waals surface area contributed by atoms with Gasteiger partial charge in [0.05, 0.1) is 11.5 Å². The van der Waals surface area contributed by atoms with Gasteiger partial charge in [0.15, 0.2) is 6.20 Å². The molecule has 0 spiro atoms. The van der Waals surface area contributed by atoms with Gasteiger partial charge < -0.3 is 0 Å². The highest BCUT2D eigenvalue weighted by Gasteiger charge is 2.37. The van der Waals surface area contributed by atoms with E-state index in [0.29, 0.717) is 5.41 Å². The van der Waals surface area contributed by atoms with Crippen molar-refractivity contribution in [1.29, 1.82) is 5.26 Å². The Morgan fingerprint density at radius 1 is 1.00 bits per heavy atom. The maximum atomic E-state index is 9.43. The molecule has 1 fully saturated rings. The summed E-state index contributed by atoms with van der Waals surface area (Å²) >= 11 is 0. The minimum Gasteiger partial charge on any atom is -0.201 e. The van der Waals surface area contributed by atoms with Crippen LogP contribution in [0.2, 0.25) is 0 Å². The van der Waals surface area contributed by atoms with Crippen LogP contribution >= 0.6 is 0 Å². The summed E-state index contributed by atoms with van der Waals surface area (Å²) in [6, 6.07) is 13.4. The van der Waals surface area contributed by atoms with Crippen molar-refractivity contribution < 1.29 is 4.57 Å². The highest BCUT2D eigenvalue weighted by Crippen LogP contribution is 2.46. The number of benzene rings is 1. The lowest BCUT2D eigenvalue weighted by molar-refractivity contribution is -0.661. The molecule has 0 amide bonds. The molecule has 0 radical (unpaired) electrons. The smallest absolute Gasteiger partial charge is 0.201 e. The Morgan fingerprint density at radius 3 is 2.18 bits per heavy atom.